The van der Waals surface area contributed by atoms with Crippen molar-refractivity contribution in [2.75, 3.05) is 0 Å². The van der Waals surface area contributed by atoms with Gasteiger partial charge < -0.3 is 0 Å². The van der Waals surface area contributed by atoms with Crippen molar-refractivity contribution < 1.29 is 17.0 Å². The Bertz CT molecular complexity index is 345. The third kappa shape index (κ3) is 3.96. The summed E-state index contributed by atoms with van der Waals surface area (Å²) in [5, 5.41) is 0. The van der Waals surface area contributed by atoms with Gasteiger partial charge in [0.25, 0.3) is 0 Å². The van der Waals surface area contributed by atoms with Gasteiger partial charge in [-0.15, -0.1) is 0 Å². The molecule has 0 aliphatic heterocycles. The maximum absolute atomic E-state index is 4.89. The van der Waals surface area contributed by atoms with E-state index in [4.69, 9.17) is 18.6 Å². The first-order valence-electron chi connectivity index (χ1n) is 4.80. The molecule has 0 nitrogen and oxygen atoms in total. The van der Waals surface area contributed by atoms with Crippen molar-refractivity contribution in [1.82, 2.24) is 0 Å². The predicted molar refractivity (Wildman–Crippen MR) is 64.4 cm³/mol. The number of benzene rings is 1. The second-order valence-electron chi connectivity index (χ2n) is 3.64. The summed E-state index contributed by atoms with van der Waals surface area (Å²) in [6.07, 6.45) is 4.56. The molecule has 0 bridgehead atoms. The van der Waals surface area contributed by atoms with Gasteiger partial charge in [0.05, 0.1) is 0 Å². The SMILES string of the molecule is CC(C)C1=Cc2ccccc2[CH]1.[Cl][Ti][Cl]. The van der Waals surface area contributed by atoms with Crippen LogP contribution in [0.25, 0.3) is 6.08 Å². The number of halogens is 2. The van der Waals surface area contributed by atoms with Gasteiger partial charge in [-0.25, -0.2) is 0 Å². The van der Waals surface area contributed by atoms with Crippen LogP contribution in [-0.4, -0.2) is 0 Å². The maximum atomic E-state index is 4.89. The number of hydrogen-bond donors (Lipinski definition) is 0. The van der Waals surface area contributed by atoms with Crippen LogP contribution in [0, 0.1) is 12.3 Å². The molecule has 2 rings (SSSR count). The van der Waals surface area contributed by atoms with E-state index in [1.54, 1.807) is 0 Å². The third-order valence-electron chi connectivity index (χ3n) is 2.31. The van der Waals surface area contributed by atoms with E-state index in [-0.39, 0.29) is 0 Å². The standard InChI is InChI=1S/C12H13.2ClH.Ti/c1-9(2)12-7-10-5-3-4-6-11(10)8-12;;;/h3-9H,1-2H3;2*1H;/q;;;+2/p-2. The molecule has 3 heteroatoms. The first-order valence-corrected chi connectivity index (χ1v) is 9.10. The molecule has 0 unspecified atom stereocenters. The Morgan fingerprint density at radius 3 is 2.07 bits per heavy atom. The van der Waals surface area contributed by atoms with E-state index < -0.39 is 17.0 Å². The summed E-state index contributed by atoms with van der Waals surface area (Å²) in [5.74, 6) is 0.636. The molecule has 1 aromatic carbocycles. The van der Waals surface area contributed by atoms with Crippen LogP contribution < -0.4 is 0 Å². The number of rotatable bonds is 1. The molecule has 0 N–H and O–H groups in total. The average molecular weight is 276 g/mol. The molecule has 0 fully saturated rings. The van der Waals surface area contributed by atoms with Crippen molar-refractivity contribution in [3.63, 3.8) is 0 Å². The molecule has 0 atom stereocenters. The molecular weight excluding hydrogens is 263 g/mol. The molecule has 0 aromatic heterocycles. The molecule has 1 aromatic rings. The van der Waals surface area contributed by atoms with Crippen LogP contribution in [0.4, 0.5) is 0 Å². The number of fused-ring (bicyclic) bond motifs is 1. The fourth-order valence-corrected chi connectivity index (χ4v) is 1.51. The van der Waals surface area contributed by atoms with Crippen LogP contribution in [0.5, 0.6) is 0 Å². The van der Waals surface area contributed by atoms with Crippen LogP contribution in [-0.2, 0) is 17.0 Å². The van der Waals surface area contributed by atoms with Gasteiger partial charge in [-0.3, -0.25) is 0 Å². The van der Waals surface area contributed by atoms with Gasteiger partial charge in [0.15, 0.2) is 0 Å². The monoisotopic (exact) mass is 275 g/mol. The van der Waals surface area contributed by atoms with Gasteiger partial charge in [-0.1, -0.05) is 49.8 Å². The van der Waals surface area contributed by atoms with E-state index in [1.807, 2.05) is 0 Å². The Morgan fingerprint density at radius 2 is 1.60 bits per heavy atom. The molecule has 0 saturated heterocycles. The average Bonchev–Trinajstić information content (AvgIpc) is 2.62. The molecule has 0 saturated carbocycles. The molecule has 1 aliphatic carbocycles. The predicted octanol–water partition coefficient (Wildman–Crippen LogP) is 4.67. The molecule has 1 radical (unpaired) electrons. The minimum atomic E-state index is -0.556. The first-order chi connectivity index (χ1) is 7.19. The van der Waals surface area contributed by atoms with E-state index in [0.717, 1.165) is 0 Å². The van der Waals surface area contributed by atoms with Crippen LogP contribution >= 0.6 is 18.6 Å². The Labute approximate surface area is 108 Å². The van der Waals surface area contributed by atoms with E-state index in [0.29, 0.717) is 5.92 Å². The van der Waals surface area contributed by atoms with Gasteiger partial charge in [0, 0.05) is 6.42 Å². The van der Waals surface area contributed by atoms with E-state index in [1.165, 1.54) is 16.7 Å². The molecule has 1 aliphatic rings. The zero-order valence-corrected chi connectivity index (χ0v) is 11.9. The van der Waals surface area contributed by atoms with Crippen molar-refractivity contribution in [1.29, 1.82) is 0 Å². The molecule has 15 heavy (non-hydrogen) atoms. The summed E-state index contributed by atoms with van der Waals surface area (Å²) in [7, 11) is 9.78. The minimum absolute atomic E-state index is 0.556. The summed E-state index contributed by atoms with van der Waals surface area (Å²) in [6, 6.07) is 8.52. The second kappa shape index (κ2) is 6.75. The third-order valence-corrected chi connectivity index (χ3v) is 2.31. The fraction of sp³-hybridized carbons (Fsp3) is 0.250. The van der Waals surface area contributed by atoms with Gasteiger partial charge in [-0.05, 0) is 17.0 Å². The summed E-state index contributed by atoms with van der Waals surface area (Å²) < 4.78 is 0. The summed E-state index contributed by atoms with van der Waals surface area (Å²) in [6.45, 7) is 4.46. The molecule has 0 amide bonds. The van der Waals surface area contributed by atoms with E-state index >= 15 is 0 Å². The molecular formula is C12H13Cl2Ti. The van der Waals surface area contributed by atoms with Crippen molar-refractivity contribution in [2.24, 2.45) is 5.92 Å². The number of allylic oxidation sites excluding steroid dienone is 1. The molecule has 79 valence electrons. The van der Waals surface area contributed by atoms with Crippen LogP contribution in [0.15, 0.2) is 29.8 Å². The van der Waals surface area contributed by atoms with Crippen LogP contribution in [0.3, 0.4) is 0 Å². The number of hydrogen-bond acceptors (Lipinski definition) is 0. The summed E-state index contributed by atoms with van der Waals surface area (Å²) >= 11 is -0.556. The Morgan fingerprint density at radius 1 is 1.07 bits per heavy atom. The quantitative estimate of drug-likeness (QED) is 0.654. The van der Waals surface area contributed by atoms with Gasteiger partial charge in [-0.2, -0.15) is 0 Å². The van der Waals surface area contributed by atoms with Crippen molar-refractivity contribution >= 4 is 24.7 Å². The fourth-order valence-electron chi connectivity index (χ4n) is 1.51. The van der Waals surface area contributed by atoms with E-state index in [2.05, 4.69) is 50.6 Å². The summed E-state index contributed by atoms with van der Waals surface area (Å²) in [4.78, 5) is 0. The molecule has 0 heterocycles. The zero-order chi connectivity index (χ0) is 11.3. The van der Waals surface area contributed by atoms with Gasteiger partial charge in [0.2, 0.25) is 0 Å². The van der Waals surface area contributed by atoms with Crippen LogP contribution in [0.2, 0.25) is 0 Å². The Hall–Kier alpha value is 0.254. The summed E-state index contributed by atoms with van der Waals surface area (Å²) in [5.41, 5.74) is 4.17. The second-order valence-corrected chi connectivity index (χ2v) is 6.22. The van der Waals surface area contributed by atoms with Gasteiger partial charge >= 0.3 is 35.6 Å². The topological polar surface area (TPSA) is 0 Å². The Kier molecular flexibility index (Phi) is 6.00. The van der Waals surface area contributed by atoms with E-state index in [9.17, 15) is 0 Å². The van der Waals surface area contributed by atoms with Crippen LogP contribution in [0.1, 0.15) is 25.0 Å². The van der Waals surface area contributed by atoms with Crippen molar-refractivity contribution in [2.45, 2.75) is 13.8 Å². The normalized spacial score (nSPS) is 12.7. The van der Waals surface area contributed by atoms with Gasteiger partial charge in [0.1, 0.15) is 0 Å². The Balaban J connectivity index is 0.000000337. The first kappa shape index (κ1) is 13.3. The molecule has 0 spiro atoms. The van der Waals surface area contributed by atoms with Crippen molar-refractivity contribution in [3.05, 3.63) is 47.4 Å². The van der Waals surface area contributed by atoms with Crippen molar-refractivity contribution in [3.8, 4) is 0 Å². The zero-order valence-electron chi connectivity index (χ0n) is 8.80.